The topological polar surface area (TPSA) is 78.4 Å². The van der Waals surface area contributed by atoms with Gasteiger partial charge in [-0.25, -0.2) is 4.79 Å². The minimum atomic E-state index is -1.08. The molecule has 0 aliphatic heterocycles. The number of hydrogen-bond acceptors (Lipinski definition) is 3. The van der Waals surface area contributed by atoms with Gasteiger partial charge in [0.15, 0.2) is 0 Å². The number of anilines is 1. The van der Waals surface area contributed by atoms with Crippen LogP contribution in [0.5, 0.6) is 0 Å². The van der Waals surface area contributed by atoms with Crippen LogP contribution in [-0.4, -0.2) is 29.6 Å². The molecule has 5 nitrogen and oxygen atoms in total. The summed E-state index contributed by atoms with van der Waals surface area (Å²) in [6.45, 7) is 1.38. The number of carbonyl (C=O) groups is 2. The van der Waals surface area contributed by atoms with E-state index in [0.717, 1.165) is 14.6 Å². The molecule has 1 atom stereocenters. The van der Waals surface area contributed by atoms with Crippen molar-refractivity contribution in [2.24, 2.45) is 0 Å². The molecule has 98 valence electrons. The zero-order valence-corrected chi connectivity index (χ0v) is 12.7. The SMILES string of the molecule is CC(=O)NC(CNc1cc(Br)ccc1Br)C(=O)O. The van der Waals surface area contributed by atoms with E-state index < -0.39 is 12.0 Å². The van der Waals surface area contributed by atoms with E-state index in [1.54, 1.807) is 0 Å². The minimum Gasteiger partial charge on any atom is -0.480 e. The maximum absolute atomic E-state index is 10.9. The van der Waals surface area contributed by atoms with Gasteiger partial charge >= 0.3 is 5.97 Å². The molecule has 0 saturated heterocycles. The molecule has 0 bridgehead atoms. The standard InChI is InChI=1S/C11H12Br2N2O3/c1-6(16)15-10(11(17)18)5-14-9-4-7(12)2-3-8(9)13/h2-4,10,14H,5H2,1H3,(H,15,16)(H,17,18). The van der Waals surface area contributed by atoms with E-state index in [9.17, 15) is 9.59 Å². The average molecular weight is 380 g/mol. The third kappa shape index (κ3) is 4.66. The Bertz CT molecular complexity index is 466. The molecule has 1 unspecified atom stereocenters. The highest BCUT2D eigenvalue weighted by Crippen LogP contribution is 2.25. The van der Waals surface area contributed by atoms with Crippen LogP contribution in [0, 0.1) is 0 Å². The van der Waals surface area contributed by atoms with E-state index in [2.05, 4.69) is 42.5 Å². The third-order valence-electron chi connectivity index (χ3n) is 2.10. The highest BCUT2D eigenvalue weighted by molar-refractivity contribution is 9.11. The molecule has 1 aromatic rings. The monoisotopic (exact) mass is 378 g/mol. The molecule has 1 amide bonds. The summed E-state index contributed by atoms with van der Waals surface area (Å²) in [7, 11) is 0. The van der Waals surface area contributed by atoms with E-state index in [-0.39, 0.29) is 12.5 Å². The normalized spacial score (nSPS) is 11.7. The number of amides is 1. The molecule has 1 rings (SSSR count). The molecule has 3 N–H and O–H groups in total. The number of rotatable bonds is 5. The number of halogens is 2. The maximum Gasteiger partial charge on any atom is 0.328 e. The zero-order valence-electron chi connectivity index (χ0n) is 9.54. The van der Waals surface area contributed by atoms with Crippen molar-refractivity contribution in [2.45, 2.75) is 13.0 Å². The van der Waals surface area contributed by atoms with Crippen LogP contribution in [0.15, 0.2) is 27.1 Å². The van der Waals surface area contributed by atoms with Crippen molar-refractivity contribution in [2.75, 3.05) is 11.9 Å². The number of carboxylic acids is 1. The lowest BCUT2D eigenvalue weighted by Crippen LogP contribution is -2.44. The lowest BCUT2D eigenvalue weighted by molar-refractivity contribution is -0.141. The molecule has 0 aliphatic rings. The van der Waals surface area contributed by atoms with Gasteiger partial charge in [0, 0.05) is 28.1 Å². The van der Waals surface area contributed by atoms with Crippen LogP contribution >= 0.6 is 31.9 Å². The first-order valence-corrected chi connectivity index (χ1v) is 6.67. The highest BCUT2D eigenvalue weighted by atomic mass is 79.9. The summed E-state index contributed by atoms with van der Waals surface area (Å²) in [4.78, 5) is 21.8. The Balaban J connectivity index is 2.69. The lowest BCUT2D eigenvalue weighted by atomic mass is 10.2. The quantitative estimate of drug-likeness (QED) is 0.732. The fourth-order valence-electron chi connectivity index (χ4n) is 1.29. The number of nitrogens with one attached hydrogen (secondary N) is 2. The summed E-state index contributed by atoms with van der Waals surface area (Å²) >= 11 is 6.68. The van der Waals surface area contributed by atoms with Crippen molar-refractivity contribution >= 4 is 49.4 Å². The van der Waals surface area contributed by atoms with Crippen molar-refractivity contribution in [1.29, 1.82) is 0 Å². The summed E-state index contributed by atoms with van der Waals surface area (Å²) in [5.41, 5.74) is 0.751. The van der Waals surface area contributed by atoms with Crippen molar-refractivity contribution < 1.29 is 14.7 Å². The smallest absolute Gasteiger partial charge is 0.328 e. The molecule has 0 radical (unpaired) electrons. The van der Waals surface area contributed by atoms with Crippen LogP contribution in [0.2, 0.25) is 0 Å². The van der Waals surface area contributed by atoms with Gasteiger partial charge in [-0.1, -0.05) is 15.9 Å². The molecular weight excluding hydrogens is 368 g/mol. The molecule has 0 aliphatic carbocycles. The van der Waals surface area contributed by atoms with Crippen molar-refractivity contribution in [1.82, 2.24) is 5.32 Å². The fourth-order valence-corrected chi connectivity index (χ4v) is 2.04. The number of carbonyl (C=O) groups excluding carboxylic acids is 1. The van der Waals surface area contributed by atoms with Gasteiger partial charge in [0.25, 0.3) is 0 Å². The largest absolute Gasteiger partial charge is 0.480 e. The average Bonchev–Trinajstić information content (AvgIpc) is 2.27. The zero-order chi connectivity index (χ0) is 13.7. The van der Waals surface area contributed by atoms with E-state index in [1.165, 1.54) is 6.92 Å². The third-order valence-corrected chi connectivity index (χ3v) is 3.29. The second kappa shape index (κ2) is 6.75. The predicted octanol–water partition coefficient (Wildman–Crippen LogP) is 2.21. The maximum atomic E-state index is 10.9. The summed E-state index contributed by atoms with van der Waals surface area (Å²) in [6.07, 6.45) is 0. The van der Waals surface area contributed by atoms with Gasteiger partial charge in [-0.05, 0) is 34.1 Å². The highest BCUT2D eigenvalue weighted by Gasteiger charge is 2.18. The van der Waals surface area contributed by atoms with Gasteiger partial charge < -0.3 is 15.7 Å². The Morgan fingerprint density at radius 3 is 2.61 bits per heavy atom. The van der Waals surface area contributed by atoms with E-state index in [1.807, 2.05) is 18.2 Å². The number of aliphatic carboxylic acids is 1. The molecule has 0 heterocycles. The number of benzene rings is 1. The van der Waals surface area contributed by atoms with Gasteiger partial charge in [-0.2, -0.15) is 0 Å². The number of hydrogen-bond donors (Lipinski definition) is 3. The first kappa shape index (κ1) is 15.0. The molecule has 0 aromatic heterocycles. The predicted molar refractivity (Wildman–Crippen MR) is 75.6 cm³/mol. The van der Waals surface area contributed by atoms with Gasteiger partial charge in [-0.3, -0.25) is 4.79 Å². The molecule has 1 aromatic carbocycles. The first-order valence-electron chi connectivity index (χ1n) is 5.09. The fraction of sp³-hybridized carbons (Fsp3) is 0.273. The van der Waals surface area contributed by atoms with Crippen molar-refractivity contribution in [3.8, 4) is 0 Å². The first-order chi connectivity index (χ1) is 8.40. The molecule has 18 heavy (non-hydrogen) atoms. The van der Waals surface area contributed by atoms with Gasteiger partial charge in [0.2, 0.25) is 5.91 Å². The summed E-state index contributed by atoms with van der Waals surface area (Å²) in [5.74, 6) is -1.46. The van der Waals surface area contributed by atoms with Crippen molar-refractivity contribution in [3.05, 3.63) is 27.1 Å². The van der Waals surface area contributed by atoms with Crippen LogP contribution in [-0.2, 0) is 9.59 Å². The van der Waals surface area contributed by atoms with Crippen LogP contribution in [0.3, 0.4) is 0 Å². The Morgan fingerprint density at radius 1 is 1.39 bits per heavy atom. The summed E-state index contributed by atoms with van der Waals surface area (Å²) in [6, 6.07) is 4.54. The van der Waals surface area contributed by atoms with Gasteiger partial charge in [0.1, 0.15) is 6.04 Å². The van der Waals surface area contributed by atoms with Crippen LogP contribution in [0.4, 0.5) is 5.69 Å². The Labute approximate surface area is 121 Å². The number of carboxylic acid groups (broad SMARTS) is 1. The Kier molecular flexibility index (Phi) is 5.61. The Hall–Kier alpha value is -1.08. The molecule has 0 spiro atoms. The second-order valence-electron chi connectivity index (χ2n) is 3.60. The molecule has 0 saturated carbocycles. The van der Waals surface area contributed by atoms with E-state index >= 15 is 0 Å². The molecular formula is C11H12Br2N2O3. The minimum absolute atomic E-state index is 0.101. The van der Waals surface area contributed by atoms with Crippen molar-refractivity contribution in [3.63, 3.8) is 0 Å². The molecule has 7 heteroatoms. The molecule has 0 fully saturated rings. The summed E-state index contributed by atoms with van der Waals surface area (Å²) in [5, 5.41) is 14.3. The van der Waals surface area contributed by atoms with E-state index in [0.29, 0.717) is 0 Å². The van der Waals surface area contributed by atoms with Gasteiger partial charge in [0.05, 0.1) is 0 Å². The summed E-state index contributed by atoms with van der Waals surface area (Å²) < 4.78 is 1.69. The second-order valence-corrected chi connectivity index (χ2v) is 5.37. The Morgan fingerprint density at radius 2 is 2.06 bits per heavy atom. The van der Waals surface area contributed by atoms with Crippen LogP contribution in [0.1, 0.15) is 6.92 Å². The van der Waals surface area contributed by atoms with Crippen LogP contribution < -0.4 is 10.6 Å². The van der Waals surface area contributed by atoms with Crippen LogP contribution in [0.25, 0.3) is 0 Å². The van der Waals surface area contributed by atoms with E-state index in [4.69, 9.17) is 5.11 Å². The lowest BCUT2D eigenvalue weighted by Gasteiger charge is -2.15. The van der Waals surface area contributed by atoms with Gasteiger partial charge in [-0.15, -0.1) is 0 Å².